The monoisotopic (exact) mass is 486 g/mol. The van der Waals surface area contributed by atoms with E-state index in [0.717, 1.165) is 15.7 Å². The molecule has 0 bridgehead atoms. The van der Waals surface area contributed by atoms with Crippen LogP contribution in [0.2, 0.25) is 0 Å². The molecular weight excluding hydrogens is 460 g/mol. The lowest BCUT2D eigenvalue weighted by Crippen LogP contribution is -2.61. The summed E-state index contributed by atoms with van der Waals surface area (Å²) >= 11 is 1.31. The Kier molecular flexibility index (Phi) is 8.93. The Morgan fingerprint density at radius 3 is 2.26 bits per heavy atom. The Hall–Kier alpha value is -3.06. The first-order chi connectivity index (χ1) is 16.3. The SMILES string of the molecule is C#CCO[C@H]1[C@@H](OC(C)=O)[C@@H](COC(C)=O)O[C@@H](Sc2ccc3ccccc3c2)[C@@H]1OC(C)=O. The fraction of sp³-hybridized carbons (Fsp3) is 0.400. The van der Waals surface area contributed by atoms with Crippen LogP contribution < -0.4 is 0 Å². The first-order valence-electron chi connectivity index (χ1n) is 10.6. The fourth-order valence-corrected chi connectivity index (χ4v) is 4.82. The van der Waals surface area contributed by atoms with Crippen LogP contribution in [0.3, 0.4) is 0 Å². The van der Waals surface area contributed by atoms with Crippen molar-refractivity contribution in [2.45, 2.75) is 55.5 Å². The van der Waals surface area contributed by atoms with Crippen LogP contribution in [-0.4, -0.2) is 61.0 Å². The minimum atomic E-state index is -1.02. The van der Waals surface area contributed by atoms with Crippen LogP contribution in [-0.2, 0) is 38.1 Å². The Morgan fingerprint density at radius 2 is 1.62 bits per heavy atom. The highest BCUT2D eigenvalue weighted by molar-refractivity contribution is 7.99. The molecule has 1 fully saturated rings. The van der Waals surface area contributed by atoms with Crippen LogP contribution in [0.5, 0.6) is 0 Å². The highest BCUT2D eigenvalue weighted by Gasteiger charge is 2.51. The number of esters is 3. The van der Waals surface area contributed by atoms with Crippen molar-refractivity contribution in [3.63, 3.8) is 0 Å². The predicted molar refractivity (Wildman–Crippen MR) is 125 cm³/mol. The number of ether oxygens (including phenoxy) is 5. The number of hydrogen-bond acceptors (Lipinski definition) is 9. The van der Waals surface area contributed by atoms with E-state index in [1.807, 2.05) is 42.5 Å². The zero-order valence-electron chi connectivity index (χ0n) is 19.1. The van der Waals surface area contributed by atoms with Crippen molar-refractivity contribution >= 4 is 40.4 Å². The molecule has 2 aromatic rings. The van der Waals surface area contributed by atoms with Gasteiger partial charge in [-0.15, -0.1) is 6.42 Å². The van der Waals surface area contributed by atoms with E-state index in [0.29, 0.717) is 0 Å². The van der Waals surface area contributed by atoms with E-state index >= 15 is 0 Å². The van der Waals surface area contributed by atoms with Crippen molar-refractivity contribution in [2.75, 3.05) is 13.2 Å². The second-order valence-electron chi connectivity index (χ2n) is 7.60. The molecule has 8 nitrogen and oxygen atoms in total. The Bertz CT molecular complexity index is 1080. The number of benzene rings is 2. The van der Waals surface area contributed by atoms with Gasteiger partial charge in [-0.3, -0.25) is 14.4 Å². The molecule has 34 heavy (non-hydrogen) atoms. The molecule has 0 radical (unpaired) electrons. The lowest BCUT2D eigenvalue weighted by Gasteiger charge is -2.44. The quantitative estimate of drug-likeness (QED) is 0.317. The first kappa shape index (κ1) is 25.6. The van der Waals surface area contributed by atoms with Gasteiger partial charge in [0.25, 0.3) is 0 Å². The summed E-state index contributed by atoms with van der Waals surface area (Å²) in [5.41, 5.74) is -0.764. The maximum absolute atomic E-state index is 12.0. The van der Waals surface area contributed by atoms with E-state index in [1.165, 1.54) is 32.5 Å². The van der Waals surface area contributed by atoms with Crippen LogP contribution in [0.1, 0.15) is 20.8 Å². The minimum absolute atomic E-state index is 0.117. The molecule has 0 N–H and O–H groups in total. The molecular formula is C25H26O8S. The Balaban J connectivity index is 1.97. The lowest BCUT2D eigenvalue weighted by atomic mass is 9.99. The van der Waals surface area contributed by atoms with E-state index in [4.69, 9.17) is 30.1 Å². The molecule has 1 aliphatic heterocycles. The summed E-state index contributed by atoms with van der Waals surface area (Å²) < 4.78 is 28.2. The van der Waals surface area contributed by atoms with Gasteiger partial charge in [-0.05, 0) is 22.9 Å². The summed E-state index contributed by atoms with van der Waals surface area (Å²) in [6.07, 6.45) is 1.58. The van der Waals surface area contributed by atoms with Crippen molar-refractivity contribution in [3.05, 3.63) is 42.5 Å². The van der Waals surface area contributed by atoms with Gasteiger partial charge in [0.15, 0.2) is 12.2 Å². The average molecular weight is 487 g/mol. The minimum Gasteiger partial charge on any atom is -0.463 e. The summed E-state index contributed by atoms with van der Waals surface area (Å²) in [7, 11) is 0. The number of fused-ring (bicyclic) bond motifs is 1. The normalized spacial score (nSPS) is 24.1. The second-order valence-corrected chi connectivity index (χ2v) is 8.77. The van der Waals surface area contributed by atoms with Gasteiger partial charge in [-0.2, -0.15) is 0 Å². The van der Waals surface area contributed by atoms with E-state index in [9.17, 15) is 14.4 Å². The molecule has 3 rings (SSSR count). The van der Waals surface area contributed by atoms with Crippen LogP contribution in [0.4, 0.5) is 0 Å². The number of carbonyl (C=O) groups is 3. The number of carbonyl (C=O) groups excluding carboxylic acids is 3. The maximum atomic E-state index is 12.0. The van der Waals surface area contributed by atoms with Gasteiger partial charge in [0.05, 0.1) is 0 Å². The third kappa shape index (κ3) is 6.73. The van der Waals surface area contributed by atoms with Crippen molar-refractivity contribution in [1.29, 1.82) is 0 Å². The first-order valence-corrected chi connectivity index (χ1v) is 11.5. The number of hydrogen-bond donors (Lipinski definition) is 0. The molecule has 1 heterocycles. The summed E-state index contributed by atoms with van der Waals surface area (Å²) in [4.78, 5) is 36.1. The number of terminal acetylenes is 1. The average Bonchev–Trinajstić information content (AvgIpc) is 2.78. The van der Waals surface area contributed by atoms with E-state index < -0.39 is 47.8 Å². The van der Waals surface area contributed by atoms with E-state index in [-0.39, 0.29) is 13.2 Å². The molecule has 0 aromatic heterocycles. The van der Waals surface area contributed by atoms with Crippen molar-refractivity contribution < 1.29 is 38.1 Å². The zero-order valence-corrected chi connectivity index (χ0v) is 19.9. The fourth-order valence-electron chi connectivity index (χ4n) is 3.67. The van der Waals surface area contributed by atoms with E-state index in [1.54, 1.807) is 0 Å². The largest absolute Gasteiger partial charge is 0.463 e. The Labute approximate surface area is 202 Å². The summed E-state index contributed by atoms with van der Waals surface area (Å²) in [5.74, 6) is 0.693. The van der Waals surface area contributed by atoms with E-state index in [2.05, 4.69) is 5.92 Å². The molecule has 0 aliphatic carbocycles. The van der Waals surface area contributed by atoms with Crippen LogP contribution in [0.15, 0.2) is 47.4 Å². The summed E-state index contributed by atoms with van der Waals surface area (Å²) in [6.45, 7) is 3.46. The van der Waals surface area contributed by atoms with Gasteiger partial charge in [0.2, 0.25) is 0 Å². The summed E-state index contributed by atoms with van der Waals surface area (Å²) in [5, 5.41) is 2.10. The third-order valence-electron chi connectivity index (χ3n) is 4.98. The lowest BCUT2D eigenvalue weighted by molar-refractivity contribution is -0.237. The highest BCUT2D eigenvalue weighted by atomic mass is 32.2. The van der Waals surface area contributed by atoms with Crippen molar-refractivity contribution in [1.82, 2.24) is 0 Å². The summed E-state index contributed by atoms with van der Waals surface area (Å²) in [6, 6.07) is 13.8. The van der Waals surface area contributed by atoms with Crippen LogP contribution in [0, 0.1) is 12.3 Å². The third-order valence-corrected chi connectivity index (χ3v) is 6.12. The number of rotatable bonds is 8. The standard InChI is InChI=1S/C25H26O8S/c1-5-12-29-23-22(31-16(3)27)21(14-30-15(2)26)33-25(24(23)32-17(4)28)34-20-11-10-18-8-6-7-9-19(18)13-20/h1,6-11,13,21-25H,12,14H2,2-4H3/t21-,22+,23+,24-,25+/m1/s1. The highest BCUT2D eigenvalue weighted by Crippen LogP contribution is 2.38. The van der Waals surface area contributed by atoms with Crippen LogP contribution >= 0.6 is 11.8 Å². The van der Waals surface area contributed by atoms with Gasteiger partial charge in [-0.25, -0.2) is 0 Å². The molecule has 0 spiro atoms. The van der Waals surface area contributed by atoms with Gasteiger partial charge in [0.1, 0.15) is 30.9 Å². The topological polar surface area (TPSA) is 97.4 Å². The molecule has 2 aromatic carbocycles. The van der Waals surface area contributed by atoms with Gasteiger partial charge >= 0.3 is 17.9 Å². The molecule has 0 saturated carbocycles. The molecule has 9 heteroatoms. The second kappa shape index (κ2) is 11.9. The molecule has 180 valence electrons. The van der Waals surface area contributed by atoms with Crippen molar-refractivity contribution in [3.8, 4) is 12.3 Å². The van der Waals surface area contributed by atoms with Crippen molar-refractivity contribution in [2.24, 2.45) is 0 Å². The smallest absolute Gasteiger partial charge is 0.303 e. The maximum Gasteiger partial charge on any atom is 0.303 e. The number of thioether (sulfide) groups is 1. The zero-order chi connectivity index (χ0) is 24.7. The molecule has 0 amide bonds. The van der Waals surface area contributed by atoms with Gasteiger partial charge in [0, 0.05) is 25.7 Å². The molecule has 5 atom stereocenters. The molecule has 1 saturated heterocycles. The van der Waals surface area contributed by atoms with Gasteiger partial charge < -0.3 is 23.7 Å². The Morgan fingerprint density at radius 1 is 0.941 bits per heavy atom. The van der Waals surface area contributed by atoms with Gasteiger partial charge in [-0.1, -0.05) is 48.0 Å². The predicted octanol–water partition coefficient (Wildman–Crippen LogP) is 3.10. The van der Waals surface area contributed by atoms with Crippen LogP contribution in [0.25, 0.3) is 10.8 Å². The molecule has 1 aliphatic rings. The molecule has 0 unspecified atom stereocenters.